The predicted molar refractivity (Wildman–Crippen MR) is 17.5 cm³/mol. The Morgan fingerprint density at radius 1 is 1.50 bits per heavy atom. The zero-order chi connectivity index (χ0) is 3.58. The Kier molecular flexibility index (Phi) is 3.72. The van der Waals surface area contributed by atoms with E-state index in [2.05, 4.69) is 9.88 Å². The Bertz CT molecular complexity index is 29.0. The van der Waals surface area contributed by atoms with Crippen molar-refractivity contribution in [1.29, 1.82) is 0 Å². The molecule has 0 spiro atoms. The average molecular weight is 333 g/mol. The maximum atomic E-state index is 2.40. The van der Waals surface area contributed by atoms with Crippen molar-refractivity contribution in [2.75, 3.05) is 0 Å². The summed E-state index contributed by atoms with van der Waals surface area (Å²) in [6.45, 7) is 0. The number of rotatable bonds is 0. The number of hydrogen-bond donors (Lipinski definition) is 0. The van der Waals surface area contributed by atoms with E-state index in [1.54, 1.807) is 0 Å². The van der Waals surface area contributed by atoms with Crippen LogP contribution in [0, 0.1) is 0 Å². The van der Waals surface area contributed by atoms with Gasteiger partial charge in [0.05, 0.1) is 0 Å². The van der Waals surface area contributed by atoms with Crippen LogP contribution in [0.3, 0.4) is 0 Å². The first-order valence-electron chi connectivity index (χ1n) is 1.20. The van der Waals surface area contributed by atoms with Gasteiger partial charge < -0.3 is 0 Å². The van der Waals surface area contributed by atoms with Gasteiger partial charge in [-0.15, -0.1) is 0 Å². The van der Waals surface area contributed by atoms with E-state index >= 15 is 0 Å². The molecule has 0 aliphatic heterocycles. The summed E-state index contributed by atoms with van der Waals surface area (Å²) in [7, 11) is 0. The van der Waals surface area contributed by atoms with Gasteiger partial charge >= 0.3 is 41.3 Å². The predicted octanol–water partition coefficient (Wildman–Crippen LogP) is 0.784. The van der Waals surface area contributed by atoms with Crippen LogP contribution in [0.4, 0.5) is 0 Å². The van der Waals surface area contributed by atoms with Gasteiger partial charge in [-0.1, -0.05) is 0 Å². The fraction of sp³-hybridized carbons (Fsp3) is 1.00. The van der Waals surface area contributed by atoms with Gasteiger partial charge in [-0.2, -0.15) is 0 Å². The van der Waals surface area contributed by atoms with Crippen LogP contribution in [0.2, 0.25) is 9.88 Å². The molecule has 0 atom stereocenters. The molecule has 0 radical (unpaired) electrons. The third-order valence-electron chi connectivity index (χ3n) is 0. The third-order valence-corrected chi connectivity index (χ3v) is 0. The normalized spacial score (nSPS) is 6.50. The molecule has 4 heavy (non-hydrogen) atoms. The van der Waals surface area contributed by atoms with Crippen LogP contribution in [0.25, 0.3) is 0 Å². The molecule has 0 unspecified atom stereocenters. The van der Waals surface area contributed by atoms with E-state index in [-0.39, 0.29) is 0 Å². The van der Waals surface area contributed by atoms with Crippen molar-refractivity contribution in [2.45, 2.75) is 9.88 Å². The molecule has 0 amide bonds. The molecule has 0 aromatic rings. The van der Waals surface area contributed by atoms with E-state index in [4.69, 9.17) is 0 Å². The summed E-state index contributed by atoms with van der Waals surface area (Å²) in [6.07, 6.45) is 0. The van der Waals surface area contributed by atoms with Gasteiger partial charge in [0.1, 0.15) is 0 Å². The average Bonchev–Trinajstić information content (AvgIpc) is 0.811. The van der Waals surface area contributed by atoms with Crippen molar-refractivity contribution in [1.82, 2.24) is 0 Å². The second-order valence-corrected chi connectivity index (χ2v) is 25.8. The van der Waals surface area contributed by atoms with Crippen LogP contribution in [-0.2, 0) is 15.5 Å². The fourth-order valence-corrected chi connectivity index (χ4v) is 0. The first kappa shape index (κ1) is 5.49. The molecule has 0 saturated heterocycles. The topological polar surface area (TPSA) is 0 Å². The molecule has 0 fully saturated rings. The molecular formula is C2H6SnW. The van der Waals surface area contributed by atoms with Gasteiger partial charge in [-0.3, -0.25) is 0 Å². The molecule has 0 aromatic carbocycles. The van der Waals surface area contributed by atoms with Crippen molar-refractivity contribution in [3.8, 4) is 0 Å². The van der Waals surface area contributed by atoms with Crippen molar-refractivity contribution < 1.29 is 15.5 Å². The van der Waals surface area contributed by atoms with Gasteiger partial charge in [0.15, 0.2) is 0 Å². The summed E-state index contributed by atoms with van der Waals surface area (Å²) in [5.74, 6) is 0. The number of hydrogen-bond acceptors (Lipinski definition) is 0. The SMILES string of the molecule is [CH3][Sn]([CH3])=[W]. The first-order chi connectivity index (χ1) is 1.73. The molecule has 0 aliphatic carbocycles. The van der Waals surface area contributed by atoms with Crippen molar-refractivity contribution in [3.63, 3.8) is 0 Å². The van der Waals surface area contributed by atoms with Crippen LogP contribution >= 0.6 is 0 Å². The van der Waals surface area contributed by atoms with E-state index in [0.717, 1.165) is 0 Å². The second-order valence-electron chi connectivity index (χ2n) is 0.908. The fourth-order valence-electron chi connectivity index (χ4n) is 0. The molecule has 0 heterocycles. The van der Waals surface area contributed by atoms with E-state index in [9.17, 15) is 0 Å². The van der Waals surface area contributed by atoms with Crippen LogP contribution in [0.5, 0.6) is 0 Å². The molecule has 0 saturated carbocycles. The minimum atomic E-state index is -0.460. The van der Waals surface area contributed by atoms with Gasteiger partial charge in [0, 0.05) is 0 Å². The Labute approximate surface area is 41.1 Å². The summed E-state index contributed by atoms with van der Waals surface area (Å²) >= 11 is 1.41. The quantitative estimate of drug-likeness (QED) is 0.575. The van der Waals surface area contributed by atoms with E-state index in [1.165, 1.54) is 0 Å². The standard InChI is InChI=1S/2CH3.Sn.W/h2*1H3;;. The molecular weight excluding hydrogens is 327 g/mol. The van der Waals surface area contributed by atoms with Gasteiger partial charge in [-0.05, 0) is 0 Å². The molecule has 0 N–H and O–H groups in total. The summed E-state index contributed by atoms with van der Waals surface area (Å²) < 4.78 is 0. The zero-order valence-corrected chi connectivity index (χ0v) is 8.70. The molecule has 0 bridgehead atoms. The summed E-state index contributed by atoms with van der Waals surface area (Å²) in [5, 5.41) is 0. The Morgan fingerprint density at radius 3 is 1.50 bits per heavy atom. The Balaban J connectivity index is 2.80. The molecule has 0 aliphatic rings. The van der Waals surface area contributed by atoms with Crippen LogP contribution in [0.1, 0.15) is 0 Å². The first-order valence-corrected chi connectivity index (χ1v) is 17.9. The second kappa shape index (κ2) is 2.71. The summed E-state index contributed by atoms with van der Waals surface area (Å²) in [4.78, 5) is 4.80. The van der Waals surface area contributed by atoms with Crippen molar-refractivity contribution in [3.05, 3.63) is 0 Å². The van der Waals surface area contributed by atoms with Gasteiger partial charge in [0.25, 0.3) is 0 Å². The van der Waals surface area contributed by atoms with Crippen LogP contribution in [0.15, 0.2) is 0 Å². The third kappa shape index (κ3) is 9.75. The Morgan fingerprint density at radius 2 is 1.50 bits per heavy atom. The molecule has 0 rings (SSSR count). The van der Waals surface area contributed by atoms with Crippen molar-refractivity contribution in [2.24, 2.45) is 0 Å². The summed E-state index contributed by atoms with van der Waals surface area (Å²) in [5.41, 5.74) is 0. The molecule has 0 aromatic heterocycles. The Hall–Kier alpha value is 1.49. The van der Waals surface area contributed by atoms with Crippen LogP contribution < -0.4 is 0 Å². The monoisotopic (exact) mass is 334 g/mol. The zero-order valence-electron chi connectivity index (χ0n) is 2.91. The van der Waals surface area contributed by atoms with Crippen LogP contribution in [-0.4, -0.2) is 15.9 Å². The van der Waals surface area contributed by atoms with E-state index in [0.29, 0.717) is 0 Å². The van der Waals surface area contributed by atoms with Gasteiger partial charge in [-0.25, -0.2) is 0 Å². The molecule has 0 nitrogen and oxygen atoms in total. The maximum absolute atomic E-state index is 2.40. The molecule has 2 heteroatoms. The molecule has 24 valence electrons. The van der Waals surface area contributed by atoms with Gasteiger partial charge in [0.2, 0.25) is 0 Å². The van der Waals surface area contributed by atoms with Crippen molar-refractivity contribution >= 4 is 15.9 Å². The summed E-state index contributed by atoms with van der Waals surface area (Å²) in [6, 6.07) is 0. The minimum absolute atomic E-state index is 0.460. The van der Waals surface area contributed by atoms with E-state index < -0.39 is 15.9 Å². The van der Waals surface area contributed by atoms with E-state index in [1.807, 2.05) is 15.5 Å².